The molecular weight excluding hydrogens is 346 g/mol. The number of aliphatic hydroxyl groups is 1. The van der Waals surface area contributed by atoms with Crippen LogP contribution in [0.15, 0.2) is 33.8 Å². The van der Waals surface area contributed by atoms with Crippen molar-refractivity contribution < 1.29 is 18.7 Å². The molecule has 0 radical (unpaired) electrons. The first-order valence-corrected chi connectivity index (χ1v) is 7.39. The average molecular weight is 359 g/mol. The van der Waals surface area contributed by atoms with Crippen molar-refractivity contribution in [1.82, 2.24) is 5.01 Å². The molecule has 0 aromatic heterocycles. The van der Waals surface area contributed by atoms with Gasteiger partial charge in [0.25, 0.3) is 12.3 Å². The molecule has 1 amide bonds. The maximum absolute atomic E-state index is 13.2. The first-order chi connectivity index (χ1) is 9.91. The Bertz CT molecular complexity index is 601. The van der Waals surface area contributed by atoms with Gasteiger partial charge in [0.1, 0.15) is 0 Å². The minimum absolute atomic E-state index is 0.123. The summed E-state index contributed by atoms with van der Waals surface area (Å²) in [5.74, 6) is -0.598. The van der Waals surface area contributed by atoms with Crippen molar-refractivity contribution in [2.45, 2.75) is 31.4 Å². The second kappa shape index (κ2) is 5.14. The first-order valence-electron chi connectivity index (χ1n) is 6.60. The zero-order valence-electron chi connectivity index (χ0n) is 11.0. The molecule has 1 aliphatic carbocycles. The number of hydrogen-bond donors (Lipinski definition) is 1. The zero-order valence-corrected chi connectivity index (χ0v) is 12.6. The number of carbonyl (C=O) groups excluding carboxylic acids is 1. The van der Waals surface area contributed by atoms with Crippen LogP contribution in [-0.2, 0) is 0 Å². The molecule has 4 nitrogen and oxygen atoms in total. The SMILES string of the molecule is O=C(c1ccc(Br)cc1)N1N=C(C2CC2)C[C@@]1(O)C(F)F. The van der Waals surface area contributed by atoms with Crippen LogP contribution >= 0.6 is 15.9 Å². The normalized spacial score (nSPS) is 25.4. The van der Waals surface area contributed by atoms with Gasteiger partial charge >= 0.3 is 0 Å². The van der Waals surface area contributed by atoms with Gasteiger partial charge in [-0.05, 0) is 43.0 Å². The number of nitrogens with zero attached hydrogens (tertiary/aromatic N) is 2. The van der Waals surface area contributed by atoms with Gasteiger partial charge in [0.05, 0.1) is 0 Å². The van der Waals surface area contributed by atoms with Crippen LogP contribution in [0, 0.1) is 5.92 Å². The molecule has 7 heteroatoms. The van der Waals surface area contributed by atoms with E-state index < -0.39 is 18.1 Å². The highest BCUT2D eigenvalue weighted by molar-refractivity contribution is 9.10. The van der Waals surface area contributed by atoms with Gasteiger partial charge in [0.15, 0.2) is 0 Å². The lowest BCUT2D eigenvalue weighted by Crippen LogP contribution is -2.51. The summed E-state index contributed by atoms with van der Waals surface area (Å²) in [7, 11) is 0. The Morgan fingerprint density at radius 3 is 2.52 bits per heavy atom. The van der Waals surface area contributed by atoms with Gasteiger partial charge in [-0.3, -0.25) is 4.79 Å². The fourth-order valence-corrected chi connectivity index (χ4v) is 2.60. The third-order valence-electron chi connectivity index (χ3n) is 3.72. The van der Waals surface area contributed by atoms with Crippen LogP contribution in [0.25, 0.3) is 0 Å². The number of hydrazone groups is 1. The summed E-state index contributed by atoms with van der Waals surface area (Å²) in [6.45, 7) is 0. The molecule has 0 unspecified atom stereocenters. The number of amides is 1. The largest absolute Gasteiger partial charge is 0.364 e. The molecule has 0 spiro atoms. The summed E-state index contributed by atoms with van der Waals surface area (Å²) in [4.78, 5) is 12.4. The molecule has 1 aliphatic heterocycles. The van der Waals surface area contributed by atoms with E-state index in [1.54, 1.807) is 12.1 Å². The molecule has 1 heterocycles. The molecule has 3 rings (SSSR count). The van der Waals surface area contributed by atoms with Gasteiger partial charge in [-0.1, -0.05) is 15.9 Å². The van der Waals surface area contributed by atoms with Gasteiger partial charge in [0, 0.05) is 22.2 Å². The number of benzene rings is 1. The van der Waals surface area contributed by atoms with E-state index >= 15 is 0 Å². The zero-order chi connectivity index (χ0) is 15.2. The molecule has 1 aromatic carbocycles. The lowest BCUT2D eigenvalue weighted by Gasteiger charge is -2.30. The summed E-state index contributed by atoms with van der Waals surface area (Å²) in [5, 5.41) is 14.7. The Labute approximate surface area is 128 Å². The van der Waals surface area contributed by atoms with E-state index in [1.165, 1.54) is 12.1 Å². The molecule has 21 heavy (non-hydrogen) atoms. The summed E-state index contributed by atoms with van der Waals surface area (Å²) in [6.07, 6.45) is -1.61. The molecule has 2 aliphatic rings. The Balaban J connectivity index is 1.92. The molecule has 1 fully saturated rings. The predicted molar refractivity (Wildman–Crippen MR) is 76.0 cm³/mol. The maximum atomic E-state index is 13.2. The van der Waals surface area contributed by atoms with Crippen molar-refractivity contribution >= 4 is 27.5 Å². The molecule has 1 saturated carbocycles. The van der Waals surface area contributed by atoms with E-state index in [4.69, 9.17) is 0 Å². The highest BCUT2D eigenvalue weighted by Crippen LogP contribution is 2.41. The quantitative estimate of drug-likeness (QED) is 0.902. The second-order valence-electron chi connectivity index (χ2n) is 5.35. The van der Waals surface area contributed by atoms with Crippen molar-refractivity contribution in [1.29, 1.82) is 0 Å². The highest BCUT2D eigenvalue weighted by Gasteiger charge is 2.53. The van der Waals surface area contributed by atoms with E-state index in [9.17, 15) is 18.7 Å². The van der Waals surface area contributed by atoms with Gasteiger partial charge in [0.2, 0.25) is 5.72 Å². The van der Waals surface area contributed by atoms with Gasteiger partial charge < -0.3 is 5.11 Å². The molecule has 1 N–H and O–H groups in total. The summed E-state index contributed by atoms with van der Waals surface area (Å²) in [6, 6.07) is 6.28. The number of rotatable bonds is 3. The third kappa shape index (κ3) is 2.60. The number of alkyl halides is 2. The molecule has 0 bridgehead atoms. The predicted octanol–water partition coefficient (Wildman–Crippen LogP) is 3.01. The van der Waals surface area contributed by atoms with Gasteiger partial charge in [-0.25, -0.2) is 8.78 Å². The number of hydrogen-bond acceptors (Lipinski definition) is 3. The Kier molecular flexibility index (Phi) is 3.57. The van der Waals surface area contributed by atoms with Crippen molar-refractivity contribution in [3.8, 4) is 0 Å². The van der Waals surface area contributed by atoms with Crippen molar-refractivity contribution in [3.05, 3.63) is 34.3 Å². The topological polar surface area (TPSA) is 52.9 Å². The van der Waals surface area contributed by atoms with Crippen LogP contribution in [0.3, 0.4) is 0 Å². The lowest BCUT2D eigenvalue weighted by molar-refractivity contribution is -0.164. The van der Waals surface area contributed by atoms with E-state index in [-0.39, 0.29) is 17.9 Å². The van der Waals surface area contributed by atoms with Crippen LogP contribution in [0.5, 0.6) is 0 Å². The maximum Gasteiger partial charge on any atom is 0.287 e. The smallest absolute Gasteiger partial charge is 0.287 e. The van der Waals surface area contributed by atoms with Crippen LogP contribution in [-0.4, -0.2) is 33.9 Å². The minimum atomic E-state index is -3.07. The van der Waals surface area contributed by atoms with Crippen molar-refractivity contribution in [3.63, 3.8) is 0 Å². The minimum Gasteiger partial charge on any atom is -0.364 e. The summed E-state index contributed by atoms with van der Waals surface area (Å²) < 4.78 is 27.3. The fourth-order valence-electron chi connectivity index (χ4n) is 2.34. The molecule has 0 saturated heterocycles. The second-order valence-corrected chi connectivity index (χ2v) is 6.26. The van der Waals surface area contributed by atoms with Crippen molar-refractivity contribution in [2.75, 3.05) is 0 Å². The average Bonchev–Trinajstić information content (AvgIpc) is 3.23. The highest BCUT2D eigenvalue weighted by atomic mass is 79.9. The Morgan fingerprint density at radius 2 is 2.00 bits per heavy atom. The molecular formula is C14H13BrF2N2O2. The monoisotopic (exact) mass is 358 g/mol. The van der Waals surface area contributed by atoms with Crippen LogP contribution < -0.4 is 0 Å². The fraction of sp³-hybridized carbons (Fsp3) is 0.429. The van der Waals surface area contributed by atoms with Crippen LogP contribution in [0.1, 0.15) is 29.6 Å². The van der Waals surface area contributed by atoms with Crippen molar-refractivity contribution in [2.24, 2.45) is 11.0 Å². The number of halogens is 3. The van der Waals surface area contributed by atoms with E-state index in [0.717, 1.165) is 17.3 Å². The first kappa shape index (κ1) is 14.6. The standard InChI is InChI=1S/C14H13BrF2N2O2/c15-10-5-3-9(4-6-10)12(20)19-14(21,13(16)17)7-11(18-19)8-1-2-8/h3-6,8,13,21H,1-2,7H2/t14-/m1/s1. The van der Waals surface area contributed by atoms with Gasteiger partial charge in [-0.2, -0.15) is 10.1 Å². The number of carbonyl (C=O) groups is 1. The van der Waals surface area contributed by atoms with E-state index in [0.29, 0.717) is 10.7 Å². The van der Waals surface area contributed by atoms with Gasteiger partial charge in [-0.15, -0.1) is 0 Å². The van der Waals surface area contributed by atoms with E-state index in [1.807, 2.05) is 0 Å². The Morgan fingerprint density at radius 1 is 1.38 bits per heavy atom. The van der Waals surface area contributed by atoms with E-state index in [2.05, 4.69) is 21.0 Å². The Hall–Kier alpha value is -1.34. The molecule has 1 aromatic rings. The molecule has 112 valence electrons. The van der Waals surface area contributed by atoms with Crippen LogP contribution in [0.4, 0.5) is 8.78 Å². The molecule has 1 atom stereocenters. The summed E-state index contributed by atoms with van der Waals surface area (Å²) >= 11 is 3.24. The van der Waals surface area contributed by atoms with Crippen LogP contribution in [0.2, 0.25) is 0 Å². The summed E-state index contributed by atoms with van der Waals surface area (Å²) in [5.41, 5.74) is -1.84. The lowest BCUT2D eigenvalue weighted by atomic mass is 10.0. The third-order valence-corrected chi connectivity index (χ3v) is 4.25.